The molecule has 0 bridgehead atoms. The maximum Gasteiger partial charge on any atom is 0.297 e. The number of nitrogen functional groups attached to an aromatic ring is 1. The van der Waals surface area contributed by atoms with Crippen LogP contribution < -0.4 is 5.73 Å². The van der Waals surface area contributed by atoms with Crippen molar-refractivity contribution in [2.45, 2.75) is 36.0 Å². The Hall–Kier alpha value is -3.00. The summed E-state index contributed by atoms with van der Waals surface area (Å²) in [7, 11) is -4.19. The van der Waals surface area contributed by atoms with E-state index in [1.807, 2.05) is 20.8 Å². The van der Waals surface area contributed by atoms with Gasteiger partial charge in [-0.2, -0.15) is 0 Å². The number of pyridine rings is 1. The first-order chi connectivity index (χ1) is 12.5. The van der Waals surface area contributed by atoms with Crippen LogP contribution in [0, 0.1) is 10.1 Å². The fourth-order valence-corrected chi connectivity index (χ4v) is 4.95. The van der Waals surface area contributed by atoms with E-state index in [0.717, 1.165) is 6.07 Å². The Morgan fingerprint density at radius 2 is 1.74 bits per heavy atom. The molecule has 0 saturated carbocycles. The van der Waals surface area contributed by atoms with Crippen molar-refractivity contribution in [1.82, 2.24) is 4.98 Å². The van der Waals surface area contributed by atoms with E-state index in [4.69, 9.17) is 5.73 Å². The predicted molar refractivity (Wildman–Crippen MR) is 103 cm³/mol. The van der Waals surface area contributed by atoms with Crippen LogP contribution in [0.5, 0.6) is 0 Å². The zero-order chi connectivity index (χ0) is 20.0. The van der Waals surface area contributed by atoms with Gasteiger partial charge in [-0.15, -0.1) is 0 Å². The van der Waals surface area contributed by atoms with Crippen LogP contribution >= 0.6 is 0 Å². The lowest BCUT2D eigenvalue weighted by Gasteiger charge is -2.22. The molecular formula is C19H19N3O4S. The molecule has 3 rings (SSSR count). The molecule has 27 heavy (non-hydrogen) atoms. The summed E-state index contributed by atoms with van der Waals surface area (Å²) in [5, 5.41) is 11.9. The molecule has 8 heteroatoms. The van der Waals surface area contributed by atoms with Crippen LogP contribution in [0.3, 0.4) is 0 Å². The minimum Gasteiger partial charge on any atom is -0.397 e. The van der Waals surface area contributed by atoms with E-state index in [-0.39, 0.29) is 21.5 Å². The first-order valence-corrected chi connectivity index (χ1v) is 9.69. The van der Waals surface area contributed by atoms with Crippen molar-refractivity contribution in [1.29, 1.82) is 0 Å². The zero-order valence-electron chi connectivity index (χ0n) is 15.1. The monoisotopic (exact) mass is 385 g/mol. The molecule has 0 radical (unpaired) electrons. The molecule has 7 nitrogen and oxygen atoms in total. The van der Waals surface area contributed by atoms with Crippen LogP contribution in [0.4, 0.5) is 11.4 Å². The SMILES string of the molecule is CC(C)(C)c1ccccc1S(=O)(=O)c1cc(N)c2ncccc2c1[N+](=O)[O-]. The second-order valence-electron chi connectivity index (χ2n) is 7.22. The summed E-state index contributed by atoms with van der Waals surface area (Å²) in [6.07, 6.45) is 1.45. The highest BCUT2D eigenvalue weighted by atomic mass is 32.2. The van der Waals surface area contributed by atoms with E-state index >= 15 is 0 Å². The van der Waals surface area contributed by atoms with E-state index in [9.17, 15) is 18.5 Å². The average Bonchev–Trinajstić information content (AvgIpc) is 2.60. The number of hydrogen-bond acceptors (Lipinski definition) is 6. The molecule has 140 valence electrons. The first kappa shape index (κ1) is 18.8. The lowest BCUT2D eigenvalue weighted by molar-refractivity contribution is -0.386. The van der Waals surface area contributed by atoms with E-state index in [2.05, 4.69) is 4.98 Å². The number of sulfone groups is 1. The number of nitro groups is 1. The number of anilines is 1. The van der Waals surface area contributed by atoms with Gasteiger partial charge in [-0.05, 0) is 35.2 Å². The van der Waals surface area contributed by atoms with Gasteiger partial charge >= 0.3 is 0 Å². The van der Waals surface area contributed by atoms with Gasteiger partial charge in [0.1, 0.15) is 5.52 Å². The summed E-state index contributed by atoms with van der Waals surface area (Å²) >= 11 is 0. The van der Waals surface area contributed by atoms with Crippen LogP contribution in [-0.4, -0.2) is 18.3 Å². The minimum atomic E-state index is -4.19. The second-order valence-corrected chi connectivity index (χ2v) is 9.11. The molecule has 0 atom stereocenters. The number of aromatic nitrogens is 1. The fourth-order valence-electron chi connectivity index (χ4n) is 3.07. The second kappa shape index (κ2) is 6.31. The summed E-state index contributed by atoms with van der Waals surface area (Å²) in [5.41, 5.74) is 5.83. The van der Waals surface area contributed by atoms with Gasteiger partial charge in [0.15, 0.2) is 4.90 Å². The lowest BCUT2D eigenvalue weighted by atomic mass is 9.87. The van der Waals surface area contributed by atoms with Crippen molar-refractivity contribution in [3.8, 4) is 0 Å². The van der Waals surface area contributed by atoms with Crippen LogP contribution in [-0.2, 0) is 15.3 Å². The van der Waals surface area contributed by atoms with Crippen LogP contribution in [0.2, 0.25) is 0 Å². The summed E-state index contributed by atoms with van der Waals surface area (Å²) in [6.45, 7) is 5.65. The molecule has 0 aliphatic carbocycles. The summed E-state index contributed by atoms with van der Waals surface area (Å²) in [4.78, 5) is 14.7. The molecule has 0 aliphatic heterocycles. The van der Waals surface area contributed by atoms with Gasteiger partial charge in [-0.3, -0.25) is 15.1 Å². The zero-order valence-corrected chi connectivity index (χ0v) is 15.9. The quantitative estimate of drug-likeness (QED) is 0.416. The van der Waals surface area contributed by atoms with Crippen molar-refractivity contribution >= 4 is 32.1 Å². The summed E-state index contributed by atoms with van der Waals surface area (Å²) in [6, 6.07) is 10.6. The maximum absolute atomic E-state index is 13.4. The van der Waals surface area contributed by atoms with E-state index in [1.54, 1.807) is 18.2 Å². The van der Waals surface area contributed by atoms with Crippen LogP contribution in [0.1, 0.15) is 26.3 Å². The molecule has 0 aliphatic rings. The Labute approximate surface area is 156 Å². The van der Waals surface area contributed by atoms with Gasteiger partial charge in [0.25, 0.3) is 5.69 Å². The first-order valence-electron chi connectivity index (χ1n) is 8.21. The number of nitrogens with zero attached hydrogens (tertiary/aromatic N) is 2. The third-order valence-electron chi connectivity index (χ3n) is 4.31. The van der Waals surface area contributed by atoms with Gasteiger partial charge < -0.3 is 5.73 Å². The number of benzene rings is 2. The molecule has 1 aromatic heterocycles. The Balaban J connectivity index is 2.43. The molecule has 2 N–H and O–H groups in total. The van der Waals surface area contributed by atoms with Gasteiger partial charge in [0.2, 0.25) is 9.84 Å². The maximum atomic E-state index is 13.4. The molecule has 0 spiro atoms. The van der Waals surface area contributed by atoms with Gasteiger partial charge in [-0.1, -0.05) is 39.0 Å². The van der Waals surface area contributed by atoms with Gasteiger partial charge in [0.05, 0.1) is 20.9 Å². The molecule has 2 aromatic carbocycles. The van der Waals surface area contributed by atoms with Crippen LogP contribution in [0.25, 0.3) is 10.9 Å². The Morgan fingerprint density at radius 3 is 2.37 bits per heavy atom. The number of hydrogen-bond donors (Lipinski definition) is 1. The summed E-state index contributed by atoms with van der Waals surface area (Å²) in [5.74, 6) is 0. The third-order valence-corrected chi connectivity index (χ3v) is 6.14. The smallest absolute Gasteiger partial charge is 0.297 e. The van der Waals surface area contributed by atoms with Crippen LogP contribution in [0.15, 0.2) is 58.5 Å². The van der Waals surface area contributed by atoms with E-state index in [0.29, 0.717) is 5.56 Å². The number of fused-ring (bicyclic) bond motifs is 1. The number of rotatable bonds is 3. The average molecular weight is 385 g/mol. The van der Waals surface area contributed by atoms with Gasteiger partial charge in [-0.25, -0.2) is 8.42 Å². The normalized spacial score (nSPS) is 12.3. The molecular weight excluding hydrogens is 366 g/mol. The topological polar surface area (TPSA) is 116 Å². The summed E-state index contributed by atoms with van der Waals surface area (Å²) < 4.78 is 26.9. The van der Waals surface area contributed by atoms with Crippen molar-refractivity contribution in [3.05, 3.63) is 64.3 Å². The molecule has 0 fully saturated rings. The highest BCUT2D eigenvalue weighted by Gasteiger charge is 2.34. The fraction of sp³-hybridized carbons (Fsp3) is 0.211. The highest BCUT2D eigenvalue weighted by molar-refractivity contribution is 7.91. The number of nitro benzene ring substituents is 1. The largest absolute Gasteiger partial charge is 0.397 e. The molecule has 0 amide bonds. The standard InChI is InChI=1S/C19H19N3O4S/c1-19(2,3)13-8-4-5-9-15(13)27(25,26)16-11-14(20)17-12(7-6-10-21-17)18(16)22(23)24/h4-11H,20H2,1-3H3. The molecule has 0 unspecified atom stereocenters. The lowest BCUT2D eigenvalue weighted by Crippen LogP contribution is -2.18. The van der Waals surface area contributed by atoms with Gasteiger partial charge in [0, 0.05) is 6.20 Å². The molecule has 3 aromatic rings. The van der Waals surface area contributed by atoms with Crippen molar-refractivity contribution < 1.29 is 13.3 Å². The Bertz CT molecular complexity index is 1170. The third kappa shape index (κ3) is 3.12. The molecule has 0 saturated heterocycles. The van der Waals surface area contributed by atoms with E-state index < -0.39 is 30.8 Å². The highest BCUT2D eigenvalue weighted by Crippen LogP contribution is 2.40. The molecule has 1 heterocycles. The Morgan fingerprint density at radius 1 is 1.07 bits per heavy atom. The predicted octanol–water partition coefficient (Wildman–Crippen LogP) is 3.86. The number of nitrogens with two attached hydrogens (primary N) is 1. The van der Waals surface area contributed by atoms with Crippen molar-refractivity contribution in [2.75, 3.05) is 5.73 Å². The van der Waals surface area contributed by atoms with Crippen molar-refractivity contribution in [2.24, 2.45) is 0 Å². The minimum absolute atomic E-state index is 0.0308. The Kier molecular flexibility index (Phi) is 4.39. The van der Waals surface area contributed by atoms with Crippen molar-refractivity contribution in [3.63, 3.8) is 0 Å². The van der Waals surface area contributed by atoms with E-state index in [1.165, 1.54) is 24.4 Å².